The van der Waals surface area contributed by atoms with E-state index in [1.807, 2.05) is 31.2 Å². The summed E-state index contributed by atoms with van der Waals surface area (Å²) >= 11 is 6.00. The zero-order valence-electron chi connectivity index (χ0n) is 10.7. The molecule has 5 heteroatoms. The highest BCUT2D eigenvalue weighted by Crippen LogP contribution is 2.20. The number of esters is 1. The van der Waals surface area contributed by atoms with Gasteiger partial charge in [0.05, 0.1) is 6.61 Å². The van der Waals surface area contributed by atoms with Crippen LogP contribution in [-0.4, -0.2) is 22.5 Å². The van der Waals surface area contributed by atoms with Crippen molar-refractivity contribution in [1.29, 1.82) is 0 Å². The van der Waals surface area contributed by atoms with Crippen molar-refractivity contribution in [3.05, 3.63) is 46.7 Å². The summed E-state index contributed by atoms with van der Waals surface area (Å²) in [5.41, 5.74) is 2.14. The van der Waals surface area contributed by atoms with E-state index < -0.39 is 5.97 Å². The SMILES string of the molecule is CCOC(=O)c1cnc(-c2cccc(C)c2)nc1Cl. The zero-order chi connectivity index (χ0) is 13.8. The van der Waals surface area contributed by atoms with E-state index in [2.05, 4.69) is 9.97 Å². The maximum absolute atomic E-state index is 11.6. The molecule has 0 radical (unpaired) electrons. The zero-order valence-corrected chi connectivity index (χ0v) is 11.4. The molecule has 0 aliphatic heterocycles. The van der Waals surface area contributed by atoms with Crippen LogP contribution in [0.15, 0.2) is 30.5 Å². The normalized spacial score (nSPS) is 10.3. The third-order valence-corrected chi connectivity index (χ3v) is 2.80. The number of rotatable bonds is 3. The Balaban J connectivity index is 2.36. The number of aryl methyl sites for hydroxylation is 1. The third-order valence-electron chi connectivity index (χ3n) is 2.51. The number of carbonyl (C=O) groups is 1. The monoisotopic (exact) mass is 276 g/mol. The minimum atomic E-state index is -0.511. The second-order valence-corrected chi connectivity index (χ2v) is 4.35. The number of carbonyl (C=O) groups excluding carboxylic acids is 1. The lowest BCUT2D eigenvalue weighted by atomic mass is 10.1. The summed E-state index contributed by atoms with van der Waals surface area (Å²) in [7, 11) is 0. The molecule has 2 aromatic rings. The molecule has 0 aliphatic rings. The highest BCUT2D eigenvalue weighted by Gasteiger charge is 2.14. The van der Waals surface area contributed by atoms with E-state index in [1.54, 1.807) is 6.92 Å². The van der Waals surface area contributed by atoms with Gasteiger partial charge in [0.1, 0.15) is 10.7 Å². The van der Waals surface area contributed by atoms with Crippen molar-refractivity contribution in [3.8, 4) is 11.4 Å². The fourth-order valence-corrected chi connectivity index (χ4v) is 1.84. The molecule has 2 rings (SSSR count). The quantitative estimate of drug-likeness (QED) is 0.638. The fourth-order valence-electron chi connectivity index (χ4n) is 1.63. The molecule has 0 aliphatic carbocycles. The van der Waals surface area contributed by atoms with E-state index in [4.69, 9.17) is 16.3 Å². The molecule has 0 fully saturated rings. The average molecular weight is 277 g/mol. The van der Waals surface area contributed by atoms with Crippen LogP contribution in [0.1, 0.15) is 22.8 Å². The molecule has 1 aromatic heterocycles. The molecule has 0 unspecified atom stereocenters. The highest BCUT2D eigenvalue weighted by molar-refractivity contribution is 6.32. The van der Waals surface area contributed by atoms with Gasteiger partial charge >= 0.3 is 5.97 Å². The molecule has 0 spiro atoms. The van der Waals surface area contributed by atoms with E-state index in [9.17, 15) is 4.79 Å². The number of aromatic nitrogens is 2. The summed E-state index contributed by atoms with van der Waals surface area (Å²) in [6, 6.07) is 7.75. The first-order chi connectivity index (χ1) is 9.11. The van der Waals surface area contributed by atoms with Gasteiger partial charge in [0.15, 0.2) is 5.82 Å². The van der Waals surface area contributed by atoms with Crippen molar-refractivity contribution in [1.82, 2.24) is 9.97 Å². The molecule has 19 heavy (non-hydrogen) atoms. The summed E-state index contributed by atoms with van der Waals surface area (Å²) < 4.78 is 4.87. The number of nitrogens with zero attached hydrogens (tertiary/aromatic N) is 2. The van der Waals surface area contributed by atoms with Crippen LogP contribution in [0.2, 0.25) is 5.15 Å². The summed E-state index contributed by atoms with van der Waals surface area (Å²) in [5, 5.41) is 0.102. The van der Waals surface area contributed by atoms with E-state index >= 15 is 0 Å². The summed E-state index contributed by atoms with van der Waals surface area (Å²) in [6.07, 6.45) is 1.39. The number of hydrogen-bond donors (Lipinski definition) is 0. The summed E-state index contributed by atoms with van der Waals surface area (Å²) in [4.78, 5) is 19.9. The van der Waals surface area contributed by atoms with Crippen LogP contribution in [0.4, 0.5) is 0 Å². The van der Waals surface area contributed by atoms with Crippen molar-refractivity contribution >= 4 is 17.6 Å². The lowest BCUT2D eigenvalue weighted by Gasteiger charge is -2.05. The van der Waals surface area contributed by atoms with Gasteiger partial charge in [-0.1, -0.05) is 35.4 Å². The molecule has 4 nitrogen and oxygen atoms in total. The van der Waals surface area contributed by atoms with Crippen molar-refractivity contribution < 1.29 is 9.53 Å². The van der Waals surface area contributed by atoms with Crippen molar-refractivity contribution in [3.63, 3.8) is 0 Å². The van der Waals surface area contributed by atoms with E-state index in [0.29, 0.717) is 5.82 Å². The minimum absolute atomic E-state index is 0.102. The molecule has 0 saturated carbocycles. The van der Waals surface area contributed by atoms with E-state index in [-0.39, 0.29) is 17.3 Å². The molecule has 0 N–H and O–H groups in total. The van der Waals surface area contributed by atoms with Crippen molar-refractivity contribution in [2.24, 2.45) is 0 Å². The van der Waals surface area contributed by atoms with Crippen LogP contribution in [0.25, 0.3) is 11.4 Å². The Kier molecular flexibility index (Phi) is 4.12. The lowest BCUT2D eigenvalue weighted by molar-refractivity contribution is 0.0525. The summed E-state index contributed by atoms with van der Waals surface area (Å²) in [6.45, 7) is 4.00. The molecular formula is C14H13ClN2O2. The topological polar surface area (TPSA) is 52.1 Å². The number of hydrogen-bond acceptors (Lipinski definition) is 4. The molecule has 0 amide bonds. The van der Waals surface area contributed by atoms with Gasteiger partial charge in [0.2, 0.25) is 0 Å². The Hall–Kier alpha value is -1.94. The molecule has 0 atom stereocenters. The largest absolute Gasteiger partial charge is 0.462 e. The number of halogens is 1. The van der Waals surface area contributed by atoms with E-state index in [0.717, 1.165) is 11.1 Å². The molecule has 1 aromatic carbocycles. The van der Waals surface area contributed by atoms with Gasteiger partial charge in [-0.25, -0.2) is 14.8 Å². The first kappa shape index (κ1) is 13.5. The fraction of sp³-hybridized carbons (Fsp3) is 0.214. The van der Waals surface area contributed by atoms with Crippen LogP contribution < -0.4 is 0 Å². The maximum atomic E-state index is 11.6. The minimum Gasteiger partial charge on any atom is -0.462 e. The second-order valence-electron chi connectivity index (χ2n) is 3.99. The Morgan fingerprint density at radius 2 is 2.21 bits per heavy atom. The number of ether oxygens (including phenoxy) is 1. The molecular weight excluding hydrogens is 264 g/mol. The van der Waals surface area contributed by atoms with Gasteiger partial charge < -0.3 is 4.74 Å². The second kappa shape index (κ2) is 5.80. The van der Waals surface area contributed by atoms with Crippen molar-refractivity contribution in [2.75, 3.05) is 6.61 Å². The Morgan fingerprint density at radius 3 is 2.84 bits per heavy atom. The van der Waals surface area contributed by atoms with Gasteiger partial charge in [-0.3, -0.25) is 0 Å². The van der Waals surface area contributed by atoms with Crippen molar-refractivity contribution in [2.45, 2.75) is 13.8 Å². The maximum Gasteiger partial charge on any atom is 0.342 e. The standard InChI is InChI=1S/C14H13ClN2O2/c1-3-19-14(18)11-8-16-13(17-12(11)15)10-6-4-5-9(2)7-10/h4-8H,3H2,1-2H3. The van der Waals surface area contributed by atoms with Crippen LogP contribution >= 0.6 is 11.6 Å². The van der Waals surface area contributed by atoms with Crippen LogP contribution in [-0.2, 0) is 4.74 Å². The predicted molar refractivity (Wildman–Crippen MR) is 73.2 cm³/mol. The van der Waals surface area contributed by atoms with Crippen LogP contribution in [0.3, 0.4) is 0 Å². The highest BCUT2D eigenvalue weighted by atomic mass is 35.5. The van der Waals surface area contributed by atoms with Gasteiger partial charge in [-0.05, 0) is 19.9 Å². The molecule has 0 bridgehead atoms. The average Bonchev–Trinajstić information content (AvgIpc) is 2.38. The Labute approximate surface area is 116 Å². The smallest absolute Gasteiger partial charge is 0.342 e. The lowest BCUT2D eigenvalue weighted by Crippen LogP contribution is -2.07. The van der Waals surface area contributed by atoms with Crippen LogP contribution in [0, 0.1) is 6.92 Å². The van der Waals surface area contributed by atoms with E-state index in [1.165, 1.54) is 6.20 Å². The van der Waals surface area contributed by atoms with Gasteiger partial charge in [-0.2, -0.15) is 0 Å². The number of benzene rings is 1. The van der Waals surface area contributed by atoms with Crippen LogP contribution in [0.5, 0.6) is 0 Å². The molecule has 0 saturated heterocycles. The Bertz CT molecular complexity index is 614. The summed E-state index contributed by atoms with van der Waals surface area (Å²) in [5.74, 6) is -0.0231. The third kappa shape index (κ3) is 3.09. The molecule has 98 valence electrons. The first-order valence-corrected chi connectivity index (χ1v) is 6.26. The predicted octanol–water partition coefficient (Wildman–Crippen LogP) is 3.28. The first-order valence-electron chi connectivity index (χ1n) is 5.88. The molecule has 1 heterocycles. The van der Waals surface area contributed by atoms with Gasteiger partial charge in [0, 0.05) is 11.8 Å². The Morgan fingerprint density at radius 1 is 1.42 bits per heavy atom. The van der Waals surface area contributed by atoms with Gasteiger partial charge in [-0.15, -0.1) is 0 Å². The van der Waals surface area contributed by atoms with Gasteiger partial charge in [0.25, 0.3) is 0 Å².